The Hall–Kier alpha value is -2.90. The van der Waals surface area contributed by atoms with Gasteiger partial charge in [0.1, 0.15) is 17.6 Å². The van der Waals surface area contributed by atoms with E-state index in [9.17, 15) is 14.4 Å². The molecule has 2 atom stereocenters. The van der Waals surface area contributed by atoms with Gasteiger partial charge in [-0.15, -0.1) is 12.4 Å². The summed E-state index contributed by atoms with van der Waals surface area (Å²) in [7, 11) is 0. The first kappa shape index (κ1) is 29.7. The third-order valence-corrected chi connectivity index (χ3v) is 7.32. The number of ether oxygens (including phenoxy) is 1. The summed E-state index contributed by atoms with van der Waals surface area (Å²) in [5.41, 5.74) is 6.43. The number of hydrogen-bond donors (Lipinski definition) is 1. The van der Waals surface area contributed by atoms with Crippen LogP contribution in [0, 0.1) is 23.1 Å². The molecule has 4 rings (SSSR count). The summed E-state index contributed by atoms with van der Waals surface area (Å²) in [5.74, 6) is 1.34. The molecule has 11 heteroatoms. The summed E-state index contributed by atoms with van der Waals surface area (Å²) in [4.78, 5) is 20.8. The zero-order chi connectivity index (χ0) is 26.4. The number of amides is 1. The molecule has 1 amide bonds. The highest BCUT2D eigenvalue weighted by atomic mass is 35.5. The van der Waals surface area contributed by atoms with Crippen molar-refractivity contribution < 1.29 is 18.4 Å². The summed E-state index contributed by atoms with van der Waals surface area (Å²) in [6, 6.07) is 6.14. The number of nitriles is 1. The topological polar surface area (TPSA) is 122 Å². The van der Waals surface area contributed by atoms with Crippen LogP contribution in [0.25, 0.3) is 0 Å². The molecule has 38 heavy (non-hydrogen) atoms. The lowest BCUT2D eigenvalue weighted by Crippen LogP contribution is -2.46. The van der Waals surface area contributed by atoms with Crippen LogP contribution in [0.5, 0.6) is 5.75 Å². The maximum atomic E-state index is 14.7. The van der Waals surface area contributed by atoms with Crippen molar-refractivity contribution in [1.82, 2.24) is 15.0 Å². The highest BCUT2D eigenvalue weighted by Crippen LogP contribution is 2.26. The summed E-state index contributed by atoms with van der Waals surface area (Å²) in [6.07, 6.45) is 5.60. The zero-order valence-corrected chi connectivity index (χ0v) is 23.0. The van der Waals surface area contributed by atoms with E-state index in [0.29, 0.717) is 42.8 Å². The summed E-state index contributed by atoms with van der Waals surface area (Å²) in [6.45, 7) is 6.94. The van der Waals surface area contributed by atoms with Gasteiger partial charge in [-0.3, -0.25) is 4.79 Å². The number of likely N-dealkylation sites (tertiary alicyclic amines) is 1. The molecule has 1 aromatic carbocycles. The maximum Gasteiger partial charge on any atom is 0.324 e. The number of piperidine rings is 1. The van der Waals surface area contributed by atoms with Crippen LogP contribution in [0.2, 0.25) is 0 Å². The van der Waals surface area contributed by atoms with Gasteiger partial charge in [0.25, 0.3) is 0 Å². The van der Waals surface area contributed by atoms with Crippen LogP contribution in [-0.4, -0.2) is 59.3 Å². The Kier molecular flexibility index (Phi) is 10.7. The number of hydrogen-bond acceptors (Lipinski definition) is 8. The molecule has 2 N–H and O–H groups in total. The standard InChI is InChI=1S/C27H37FN6O3.ClH/c1-18(2)25-31-27(37-32-25)33-12-9-19(10-13-33)5-4-14-36-22-8-7-20(23(28)16-22)15-24(30)26(35)34-11-3-6-21(34)17-29;/h7-8,16,18-19,21,24H,3-6,9-15,30H2,1-2H3;1H. The summed E-state index contributed by atoms with van der Waals surface area (Å²) >= 11 is 0. The van der Waals surface area contributed by atoms with Gasteiger partial charge in [-0.05, 0) is 62.5 Å². The van der Waals surface area contributed by atoms with Gasteiger partial charge in [-0.1, -0.05) is 25.1 Å². The van der Waals surface area contributed by atoms with Gasteiger partial charge in [-0.25, -0.2) is 4.39 Å². The highest BCUT2D eigenvalue weighted by molar-refractivity contribution is 5.85. The van der Waals surface area contributed by atoms with Crippen molar-refractivity contribution in [3.05, 3.63) is 35.4 Å². The monoisotopic (exact) mass is 548 g/mol. The fraction of sp³-hybridized carbons (Fsp3) is 0.630. The van der Waals surface area contributed by atoms with Crippen molar-refractivity contribution in [3.63, 3.8) is 0 Å². The predicted molar refractivity (Wildman–Crippen MR) is 144 cm³/mol. The number of halogens is 2. The number of benzene rings is 1. The van der Waals surface area contributed by atoms with E-state index in [2.05, 4.69) is 21.1 Å². The van der Waals surface area contributed by atoms with Crippen LogP contribution in [-0.2, 0) is 11.2 Å². The molecule has 0 aliphatic carbocycles. The van der Waals surface area contributed by atoms with Gasteiger partial charge >= 0.3 is 6.01 Å². The SMILES string of the molecule is CC(C)c1noc(N2CCC(CCCOc3ccc(CC(N)C(=O)N4CCCC4C#N)c(F)c3)CC2)n1.Cl. The largest absolute Gasteiger partial charge is 0.493 e. The lowest BCUT2D eigenvalue weighted by atomic mass is 9.92. The molecular weight excluding hydrogens is 511 g/mol. The molecule has 208 valence electrons. The minimum absolute atomic E-state index is 0. The van der Waals surface area contributed by atoms with Crippen molar-refractivity contribution in [3.8, 4) is 11.8 Å². The van der Waals surface area contributed by atoms with Crippen molar-refractivity contribution in [1.29, 1.82) is 5.26 Å². The van der Waals surface area contributed by atoms with E-state index in [1.54, 1.807) is 12.1 Å². The van der Waals surface area contributed by atoms with Gasteiger partial charge in [-0.2, -0.15) is 10.2 Å². The van der Waals surface area contributed by atoms with Gasteiger partial charge in [0.05, 0.1) is 18.7 Å². The Morgan fingerprint density at radius 3 is 2.71 bits per heavy atom. The normalized spacial score (nSPS) is 18.8. The second-order valence-corrected chi connectivity index (χ2v) is 10.4. The molecule has 0 radical (unpaired) electrons. The molecule has 2 aromatic rings. The van der Waals surface area contributed by atoms with E-state index in [1.807, 2.05) is 13.8 Å². The molecule has 2 saturated heterocycles. The molecule has 2 fully saturated rings. The Morgan fingerprint density at radius 1 is 1.29 bits per heavy atom. The molecule has 0 bridgehead atoms. The van der Waals surface area contributed by atoms with E-state index >= 15 is 0 Å². The number of nitrogens with two attached hydrogens (primary N) is 1. The predicted octanol–water partition coefficient (Wildman–Crippen LogP) is 4.21. The number of nitrogens with zero attached hydrogens (tertiary/aromatic N) is 5. The molecule has 2 unspecified atom stereocenters. The lowest BCUT2D eigenvalue weighted by molar-refractivity contribution is -0.132. The lowest BCUT2D eigenvalue weighted by Gasteiger charge is -2.30. The molecular formula is C27H38ClFN6O3. The van der Waals surface area contributed by atoms with E-state index in [1.165, 1.54) is 11.0 Å². The van der Waals surface area contributed by atoms with E-state index < -0.39 is 17.9 Å². The molecule has 9 nitrogen and oxygen atoms in total. The van der Waals surface area contributed by atoms with Crippen LogP contribution < -0.4 is 15.4 Å². The number of carbonyl (C=O) groups excluding carboxylic acids is 1. The third-order valence-electron chi connectivity index (χ3n) is 7.32. The van der Waals surface area contributed by atoms with E-state index in [0.717, 1.165) is 51.0 Å². The van der Waals surface area contributed by atoms with Crippen LogP contribution in [0.15, 0.2) is 22.7 Å². The fourth-order valence-electron chi connectivity index (χ4n) is 5.05. The molecule has 0 spiro atoms. The first-order valence-corrected chi connectivity index (χ1v) is 13.3. The number of anilines is 1. The van der Waals surface area contributed by atoms with Crippen molar-refractivity contribution in [2.45, 2.75) is 76.8 Å². The van der Waals surface area contributed by atoms with E-state index in [4.69, 9.17) is 15.0 Å². The van der Waals surface area contributed by atoms with Crippen LogP contribution in [0.1, 0.15) is 69.7 Å². The second-order valence-electron chi connectivity index (χ2n) is 10.4. The van der Waals surface area contributed by atoms with Crippen molar-refractivity contribution in [2.75, 3.05) is 31.1 Å². The molecule has 0 saturated carbocycles. The smallest absolute Gasteiger partial charge is 0.324 e. The van der Waals surface area contributed by atoms with E-state index in [-0.39, 0.29) is 30.7 Å². The molecule has 2 aliphatic heterocycles. The van der Waals surface area contributed by atoms with Crippen molar-refractivity contribution in [2.24, 2.45) is 11.7 Å². The van der Waals surface area contributed by atoms with Crippen molar-refractivity contribution >= 4 is 24.3 Å². The number of rotatable bonds is 10. The molecule has 3 heterocycles. The molecule has 2 aliphatic rings. The van der Waals surface area contributed by atoms with Crippen LogP contribution >= 0.6 is 12.4 Å². The quantitative estimate of drug-likeness (QED) is 0.438. The highest BCUT2D eigenvalue weighted by Gasteiger charge is 2.32. The minimum Gasteiger partial charge on any atom is -0.493 e. The molecule has 1 aromatic heterocycles. The Bertz CT molecular complexity index is 1100. The van der Waals surface area contributed by atoms with Crippen LogP contribution in [0.3, 0.4) is 0 Å². The average molecular weight is 549 g/mol. The minimum atomic E-state index is -0.876. The first-order chi connectivity index (χ1) is 17.9. The van der Waals surface area contributed by atoms with Gasteiger partial charge in [0, 0.05) is 31.6 Å². The first-order valence-electron chi connectivity index (χ1n) is 13.3. The second kappa shape index (κ2) is 13.8. The fourth-order valence-corrected chi connectivity index (χ4v) is 5.05. The number of carbonyl (C=O) groups is 1. The third kappa shape index (κ3) is 7.35. The van der Waals surface area contributed by atoms with Gasteiger partial charge < -0.3 is 24.8 Å². The van der Waals surface area contributed by atoms with Gasteiger partial charge in [0.15, 0.2) is 5.82 Å². The Balaban J connectivity index is 0.00000400. The number of aromatic nitrogens is 2. The van der Waals surface area contributed by atoms with Gasteiger partial charge in [0.2, 0.25) is 5.91 Å². The Morgan fingerprint density at radius 2 is 2.05 bits per heavy atom. The average Bonchev–Trinajstić information content (AvgIpc) is 3.58. The summed E-state index contributed by atoms with van der Waals surface area (Å²) < 4.78 is 25.9. The summed E-state index contributed by atoms with van der Waals surface area (Å²) in [5, 5.41) is 13.2. The zero-order valence-electron chi connectivity index (χ0n) is 22.1. The maximum absolute atomic E-state index is 14.7. The van der Waals surface area contributed by atoms with Crippen LogP contribution in [0.4, 0.5) is 10.4 Å². The Labute approximate surface area is 229 Å².